The molecule has 7 heteroatoms. The van der Waals surface area contributed by atoms with Crippen molar-refractivity contribution >= 4 is 11.9 Å². The minimum atomic E-state index is -1.17. The van der Waals surface area contributed by atoms with E-state index < -0.39 is 24.2 Å². The Morgan fingerprint density at radius 1 is 0.938 bits per heavy atom. The standard InChI is InChI=1S/C25H20FN3O3/c26-20-11-7-8-18(14-20)15-28(17-23(30)31)25(32)22-16-29(21-12-5-2-6-13-21)24(27-22)19-9-3-1-4-10-19/h1-14,16H,15,17H2,(H,30,31). The van der Waals surface area contributed by atoms with Crippen molar-refractivity contribution in [1.29, 1.82) is 0 Å². The lowest BCUT2D eigenvalue weighted by Gasteiger charge is -2.19. The fraction of sp³-hybridized carbons (Fsp3) is 0.0800. The van der Waals surface area contributed by atoms with Crippen LogP contribution in [0.3, 0.4) is 0 Å². The van der Waals surface area contributed by atoms with Crippen LogP contribution in [0.4, 0.5) is 4.39 Å². The molecule has 1 amide bonds. The Kier molecular flexibility index (Phi) is 6.07. The highest BCUT2D eigenvalue weighted by molar-refractivity contribution is 5.94. The first-order valence-corrected chi connectivity index (χ1v) is 9.97. The molecule has 0 aliphatic carbocycles. The number of carbonyl (C=O) groups is 2. The van der Waals surface area contributed by atoms with Gasteiger partial charge in [-0.25, -0.2) is 9.37 Å². The lowest BCUT2D eigenvalue weighted by atomic mass is 10.2. The number of carboxylic acids is 1. The molecule has 0 saturated heterocycles. The summed E-state index contributed by atoms with van der Waals surface area (Å²) < 4.78 is 15.4. The molecule has 0 fully saturated rings. The maximum atomic E-state index is 13.6. The van der Waals surface area contributed by atoms with Crippen LogP contribution in [-0.2, 0) is 11.3 Å². The van der Waals surface area contributed by atoms with E-state index in [-0.39, 0.29) is 12.2 Å². The Labute approximate surface area is 184 Å². The van der Waals surface area contributed by atoms with Gasteiger partial charge in [0.2, 0.25) is 0 Å². The molecule has 0 unspecified atom stereocenters. The number of carbonyl (C=O) groups excluding carboxylic acids is 1. The monoisotopic (exact) mass is 429 g/mol. The molecule has 1 N–H and O–H groups in total. The van der Waals surface area contributed by atoms with Crippen molar-refractivity contribution in [2.75, 3.05) is 6.54 Å². The van der Waals surface area contributed by atoms with Crippen molar-refractivity contribution in [3.05, 3.63) is 108 Å². The molecule has 4 rings (SSSR count). The normalized spacial score (nSPS) is 10.7. The van der Waals surface area contributed by atoms with E-state index in [0.29, 0.717) is 11.4 Å². The van der Waals surface area contributed by atoms with Gasteiger partial charge in [0.1, 0.15) is 23.9 Å². The van der Waals surface area contributed by atoms with Crippen LogP contribution in [0.2, 0.25) is 0 Å². The number of imidazole rings is 1. The molecule has 160 valence electrons. The van der Waals surface area contributed by atoms with Crippen LogP contribution in [0, 0.1) is 5.82 Å². The summed E-state index contributed by atoms with van der Waals surface area (Å²) in [5.74, 6) is -1.62. The van der Waals surface area contributed by atoms with Crippen LogP contribution in [0.15, 0.2) is 91.1 Å². The Morgan fingerprint density at radius 3 is 2.28 bits per heavy atom. The van der Waals surface area contributed by atoms with Crippen LogP contribution in [0.1, 0.15) is 16.1 Å². The zero-order valence-corrected chi connectivity index (χ0v) is 17.1. The lowest BCUT2D eigenvalue weighted by molar-refractivity contribution is -0.137. The van der Waals surface area contributed by atoms with Crippen LogP contribution in [0.5, 0.6) is 0 Å². The molecule has 4 aromatic rings. The number of amides is 1. The second kappa shape index (κ2) is 9.26. The smallest absolute Gasteiger partial charge is 0.323 e. The number of hydrogen-bond acceptors (Lipinski definition) is 3. The van der Waals surface area contributed by atoms with Gasteiger partial charge in [-0.05, 0) is 29.8 Å². The van der Waals surface area contributed by atoms with Gasteiger partial charge in [0, 0.05) is 24.0 Å². The fourth-order valence-corrected chi connectivity index (χ4v) is 3.44. The Balaban J connectivity index is 1.74. The quantitative estimate of drug-likeness (QED) is 0.472. The summed E-state index contributed by atoms with van der Waals surface area (Å²) in [5, 5.41) is 9.33. The number of halogens is 1. The zero-order valence-electron chi connectivity index (χ0n) is 17.1. The van der Waals surface area contributed by atoms with Gasteiger partial charge in [0.15, 0.2) is 0 Å². The number of aromatic nitrogens is 2. The molecular weight excluding hydrogens is 409 g/mol. The van der Waals surface area contributed by atoms with E-state index >= 15 is 0 Å². The van der Waals surface area contributed by atoms with Gasteiger partial charge < -0.3 is 10.0 Å². The van der Waals surface area contributed by atoms with Crippen molar-refractivity contribution in [3.8, 4) is 17.1 Å². The van der Waals surface area contributed by atoms with Crippen LogP contribution in [-0.4, -0.2) is 38.0 Å². The predicted octanol–water partition coefficient (Wildman–Crippen LogP) is 4.41. The Bertz CT molecular complexity index is 1180. The Hall–Kier alpha value is -4.26. The van der Waals surface area contributed by atoms with Crippen molar-refractivity contribution in [3.63, 3.8) is 0 Å². The van der Waals surface area contributed by atoms with E-state index in [4.69, 9.17) is 0 Å². The van der Waals surface area contributed by atoms with Gasteiger partial charge in [-0.15, -0.1) is 0 Å². The number of rotatable bonds is 7. The molecular formula is C25H20FN3O3. The molecule has 0 radical (unpaired) electrons. The van der Waals surface area contributed by atoms with Gasteiger partial charge in [-0.3, -0.25) is 14.2 Å². The Morgan fingerprint density at radius 2 is 1.62 bits per heavy atom. The molecule has 0 spiro atoms. The highest BCUT2D eigenvalue weighted by Gasteiger charge is 2.24. The third kappa shape index (κ3) is 4.73. The molecule has 3 aromatic carbocycles. The molecule has 0 aliphatic heterocycles. The molecule has 1 aromatic heterocycles. The SMILES string of the molecule is O=C(O)CN(Cc1cccc(F)c1)C(=O)c1cn(-c2ccccc2)c(-c2ccccc2)n1. The second-order valence-corrected chi connectivity index (χ2v) is 7.21. The number of hydrogen-bond donors (Lipinski definition) is 1. The summed E-state index contributed by atoms with van der Waals surface area (Å²) in [6, 6.07) is 24.6. The zero-order chi connectivity index (χ0) is 22.5. The van der Waals surface area contributed by atoms with Gasteiger partial charge in [-0.2, -0.15) is 0 Å². The maximum absolute atomic E-state index is 13.6. The minimum Gasteiger partial charge on any atom is -0.480 e. The summed E-state index contributed by atoms with van der Waals surface area (Å²) in [6.07, 6.45) is 1.60. The van der Waals surface area contributed by atoms with E-state index in [2.05, 4.69) is 4.98 Å². The van der Waals surface area contributed by atoms with Crippen molar-refractivity contribution in [2.24, 2.45) is 0 Å². The summed E-state index contributed by atoms with van der Waals surface area (Å²) in [4.78, 5) is 30.4. The van der Waals surface area contributed by atoms with Gasteiger partial charge in [0.25, 0.3) is 5.91 Å². The molecule has 0 aliphatic rings. The molecule has 32 heavy (non-hydrogen) atoms. The van der Waals surface area contributed by atoms with E-state index in [1.807, 2.05) is 60.7 Å². The highest BCUT2D eigenvalue weighted by atomic mass is 19.1. The average Bonchev–Trinajstić information content (AvgIpc) is 3.25. The van der Waals surface area contributed by atoms with Gasteiger partial charge in [-0.1, -0.05) is 60.7 Å². The van der Waals surface area contributed by atoms with Crippen molar-refractivity contribution < 1.29 is 19.1 Å². The first kappa shape index (κ1) is 21.0. The molecule has 1 heterocycles. The predicted molar refractivity (Wildman–Crippen MR) is 118 cm³/mol. The maximum Gasteiger partial charge on any atom is 0.323 e. The first-order chi connectivity index (χ1) is 15.5. The van der Waals surface area contributed by atoms with E-state index in [1.54, 1.807) is 16.8 Å². The van der Waals surface area contributed by atoms with E-state index in [9.17, 15) is 19.1 Å². The van der Waals surface area contributed by atoms with Crippen LogP contribution >= 0.6 is 0 Å². The first-order valence-electron chi connectivity index (χ1n) is 9.97. The molecule has 0 bridgehead atoms. The summed E-state index contributed by atoms with van der Waals surface area (Å²) in [6.45, 7) is -0.587. The summed E-state index contributed by atoms with van der Waals surface area (Å²) in [7, 11) is 0. The topological polar surface area (TPSA) is 75.4 Å². The number of para-hydroxylation sites is 1. The fourth-order valence-electron chi connectivity index (χ4n) is 3.44. The number of carboxylic acid groups (broad SMARTS) is 1. The minimum absolute atomic E-state index is 0.0538. The summed E-state index contributed by atoms with van der Waals surface area (Å²) in [5.41, 5.74) is 2.22. The second-order valence-electron chi connectivity index (χ2n) is 7.21. The van der Waals surface area contributed by atoms with Gasteiger partial charge >= 0.3 is 5.97 Å². The third-order valence-electron chi connectivity index (χ3n) is 4.87. The van der Waals surface area contributed by atoms with E-state index in [0.717, 1.165) is 16.2 Å². The average molecular weight is 429 g/mol. The van der Waals surface area contributed by atoms with Gasteiger partial charge in [0.05, 0.1) is 0 Å². The highest BCUT2D eigenvalue weighted by Crippen LogP contribution is 2.24. The summed E-state index contributed by atoms with van der Waals surface area (Å²) >= 11 is 0. The number of benzene rings is 3. The number of nitrogens with zero attached hydrogens (tertiary/aromatic N) is 3. The van der Waals surface area contributed by atoms with Crippen LogP contribution < -0.4 is 0 Å². The van der Waals surface area contributed by atoms with E-state index in [1.165, 1.54) is 18.2 Å². The largest absolute Gasteiger partial charge is 0.480 e. The molecule has 0 atom stereocenters. The third-order valence-corrected chi connectivity index (χ3v) is 4.87. The van der Waals surface area contributed by atoms with Crippen molar-refractivity contribution in [2.45, 2.75) is 6.54 Å². The molecule has 6 nitrogen and oxygen atoms in total. The number of aliphatic carboxylic acids is 1. The molecule has 0 saturated carbocycles. The van der Waals surface area contributed by atoms with Crippen molar-refractivity contribution in [1.82, 2.24) is 14.5 Å². The van der Waals surface area contributed by atoms with Crippen LogP contribution in [0.25, 0.3) is 17.1 Å². The lowest BCUT2D eigenvalue weighted by Crippen LogP contribution is -2.35.